The molecule has 23 heteroatoms. The van der Waals surface area contributed by atoms with Crippen molar-refractivity contribution in [3.05, 3.63) is 140 Å². The zero-order valence-electron chi connectivity index (χ0n) is 40.6. The summed E-state index contributed by atoms with van der Waals surface area (Å²) in [6, 6.07) is 18.3. The smallest absolute Gasteiger partial charge is 0.306 e. The molecule has 3 aliphatic rings. The summed E-state index contributed by atoms with van der Waals surface area (Å²) < 4.78 is 74.5. The number of likely N-dealkylation sites (tertiary alicyclic amines) is 1. The van der Waals surface area contributed by atoms with Crippen LogP contribution < -0.4 is 24.3 Å². The van der Waals surface area contributed by atoms with Gasteiger partial charge in [-0.15, -0.1) is 0 Å². The number of nitrogens with zero attached hydrogens (tertiary/aromatic N) is 5. The molecular weight excluding hydrogens is 1050 g/mol. The molecule has 4 N–H and O–H groups in total. The molecule has 4 aromatic heterocycles. The molecule has 75 heavy (non-hydrogen) atoms. The van der Waals surface area contributed by atoms with E-state index in [0.29, 0.717) is 47.9 Å². The first-order chi connectivity index (χ1) is 35.8. The number of rotatable bonds is 21. The summed E-state index contributed by atoms with van der Waals surface area (Å²) in [7, 11) is -7.09. The monoisotopic (exact) mass is 1100 g/mol. The van der Waals surface area contributed by atoms with E-state index >= 15 is 0 Å². The molecule has 2 aliphatic carbocycles. The van der Waals surface area contributed by atoms with Gasteiger partial charge in [0.05, 0.1) is 41.4 Å². The number of pyridine rings is 4. The Kier molecular flexibility index (Phi) is 15.9. The van der Waals surface area contributed by atoms with Crippen LogP contribution in [0.25, 0.3) is 11.1 Å². The van der Waals surface area contributed by atoms with Crippen LogP contribution in [0.15, 0.2) is 95.2 Å². The van der Waals surface area contributed by atoms with Crippen molar-refractivity contribution in [1.82, 2.24) is 30.2 Å². The van der Waals surface area contributed by atoms with Crippen molar-refractivity contribution < 1.29 is 60.7 Å². The van der Waals surface area contributed by atoms with Crippen molar-refractivity contribution in [1.29, 1.82) is 0 Å². The highest BCUT2D eigenvalue weighted by atomic mass is 35.5. The number of aromatic nitrogens is 4. The predicted molar refractivity (Wildman–Crippen MR) is 273 cm³/mol. The van der Waals surface area contributed by atoms with Gasteiger partial charge in [0.1, 0.15) is 35.5 Å². The Bertz CT molecular complexity index is 3410. The molecule has 1 saturated heterocycles. The SMILES string of the molecule is CS(=O)(=O)c1cncc(COc2nc(O[C@H]3CCc4c(-c5cccc6c5CC[C@@H]6Oc5nc(OCc6cncc(S(C)(=O)=O)c6)c(CN6C[C@@H](O)CC6=O)cc5Cl)cccc43)c(Cl)cc2CNC[C@@H](O)CC(=O)O)c1. The number of β-amino-alcohol motifs (C(OH)–C–C–N with tert-alkyl or cyclic N) is 1. The number of hydrogen-bond donors (Lipinski definition) is 4. The fourth-order valence-electron chi connectivity index (χ4n) is 9.45. The molecule has 0 bridgehead atoms. The van der Waals surface area contributed by atoms with E-state index in [1.807, 2.05) is 24.3 Å². The maximum atomic E-state index is 12.7. The number of carboxylic acid groups (broad SMARTS) is 1. The Labute approximate surface area is 442 Å². The quantitative estimate of drug-likeness (QED) is 0.0611. The Morgan fingerprint density at radius 1 is 0.760 bits per heavy atom. The molecule has 9 rings (SSSR count). The number of aliphatic hydroxyl groups is 2. The van der Waals surface area contributed by atoms with Gasteiger partial charge >= 0.3 is 5.97 Å². The van der Waals surface area contributed by atoms with Gasteiger partial charge in [-0.1, -0.05) is 59.6 Å². The Morgan fingerprint density at radius 3 is 1.75 bits per heavy atom. The summed E-state index contributed by atoms with van der Waals surface area (Å²) in [6.45, 7) is 0.0284. The zero-order chi connectivity index (χ0) is 53.2. The van der Waals surface area contributed by atoms with Gasteiger partial charge in [0.25, 0.3) is 0 Å². The van der Waals surface area contributed by atoms with E-state index in [2.05, 4.69) is 27.4 Å². The molecule has 394 valence electrons. The number of sulfone groups is 2. The summed E-state index contributed by atoms with van der Waals surface area (Å²) in [5.41, 5.74) is 8.03. The Balaban J connectivity index is 0.951. The highest BCUT2D eigenvalue weighted by Crippen LogP contribution is 2.46. The summed E-state index contributed by atoms with van der Waals surface area (Å²) in [5.74, 6) is -0.940. The first-order valence-electron chi connectivity index (χ1n) is 23.8. The van der Waals surface area contributed by atoms with Gasteiger partial charge in [-0.2, -0.15) is 9.97 Å². The van der Waals surface area contributed by atoms with E-state index in [-0.39, 0.29) is 95.1 Å². The second-order valence-electron chi connectivity index (χ2n) is 18.7. The van der Waals surface area contributed by atoms with Gasteiger partial charge in [0.2, 0.25) is 29.4 Å². The van der Waals surface area contributed by atoms with Gasteiger partial charge in [-0.3, -0.25) is 19.6 Å². The largest absolute Gasteiger partial charge is 0.481 e. The molecule has 1 amide bonds. The number of carbonyl (C=O) groups excluding carboxylic acids is 1. The van der Waals surface area contributed by atoms with Crippen molar-refractivity contribution >= 4 is 54.8 Å². The van der Waals surface area contributed by atoms with Crippen molar-refractivity contribution in [3.8, 4) is 34.6 Å². The topological polar surface area (TPSA) is 267 Å². The number of carbonyl (C=O) groups is 2. The van der Waals surface area contributed by atoms with Gasteiger partial charge in [-0.25, -0.2) is 16.8 Å². The van der Waals surface area contributed by atoms with E-state index in [4.69, 9.17) is 57.2 Å². The summed E-state index contributed by atoms with van der Waals surface area (Å²) in [5, 5.41) is 32.8. The molecule has 0 radical (unpaired) electrons. The van der Waals surface area contributed by atoms with E-state index < -0.39 is 56.5 Å². The first kappa shape index (κ1) is 53.4. The van der Waals surface area contributed by atoms with Crippen LogP contribution in [0.4, 0.5) is 0 Å². The lowest BCUT2D eigenvalue weighted by molar-refractivity contribution is -0.139. The van der Waals surface area contributed by atoms with E-state index in [0.717, 1.165) is 45.9 Å². The molecule has 0 saturated carbocycles. The van der Waals surface area contributed by atoms with E-state index in [1.165, 1.54) is 41.8 Å². The molecule has 19 nitrogen and oxygen atoms in total. The Morgan fingerprint density at radius 2 is 1.27 bits per heavy atom. The minimum Gasteiger partial charge on any atom is -0.481 e. The molecule has 0 spiro atoms. The number of halogens is 2. The van der Waals surface area contributed by atoms with Gasteiger partial charge in [0, 0.05) is 79.2 Å². The van der Waals surface area contributed by atoms with Crippen LogP contribution in [-0.4, -0.2) is 107 Å². The number of aliphatic hydroxyl groups excluding tert-OH is 2. The number of hydrogen-bond acceptors (Lipinski definition) is 17. The molecule has 5 heterocycles. The van der Waals surface area contributed by atoms with Crippen molar-refractivity contribution in [2.45, 2.75) is 99.0 Å². The Hall–Kier alpha value is -6.46. The fraction of sp³-hybridized carbons (Fsp3) is 0.346. The maximum absolute atomic E-state index is 12.7. The van der Waals surface area contributed by atoms with Crippen LogP contribution in [-0.2, 0) is 68.4 Å². The molecule has 1 fully saturated rings. The fourth-order valence-corrected chi connectivity index (χ4v) is 11.1. The number of benzene rings is 2. The van der Waals surface area contributed by atoms with Gasteiger partial charge in [0.15, 0.2) is 19.7 Å². The summed E-state index contributed by atoms with van der Waals surface area (Å²) in [4.78, 5) is 42.9. The van der Waals surface area contributed by atoms with Crippen LogP contribution in [0.1, 0.15) is 82.4 Å². The third kappa shape index (κ3) is 12.6. The number of fused-ring (bicyclic) bond motifs is 2. The molecule has 1 aliphatic heterocycles. The normalized spacial score (nSPS) is 17.7. The molecule has 2 aromatic carbocycles. The molecule has 0 unspecified atom stereocenters. The maximum Gasteiger partial charge on any atom is 0.306 e. The van der Waals surface area contributed by atoms with Crippen LogP contribution in [0.3, 0.4) is 0 Å². The summed E-state index contributed by atoms with van der Waals surface area (Å²) >= 11 is 13.7. The van der Waals surface area contributed by atoms with Gasteiger partial charge < -0.3 is 44.5 Å². The first-order valence-corrected chi connectivity index (χ1v) is 28.4. The minimum atomic E-state index is -3.55. The van der Waals surface area contributed by atoms with Crippen molar-refractivity contribution in [2.75, 3.05) is 25.6 Å². The van der Waals surface area contributed by atoms with Crippen molar-refractivity contribution in [2.24, 2.45) is 0 Å². The third-order valence-corrected chi connectivity index (χ3v) is 15.7. The highest BCUT2D eigenvalue weighted by Gasteiger charge is 2.34. The molecular formula is C52H52Cl2N6O13S2. The average molecular weight is 1100 g/mol. The lowest BCUT2D eigenvalue weighted by atomic mass is 9.91. The summed E-state index contributed by atoms with van der Waals surface area (Å²) in [6.07, 6.45) is 6.90. The number of carboxylic acids is 1. The highest BCUT2D eigenvalue weighted by molar-refractivity contribution is 7.91. The van der Waals surface area contributed by atoms with Crippen LogP contribution >= 0.6 is 23.2 Å². The predicted octanol–water partition coefficient (Wildman–Crippen LogP) is 6.36. The van der Waals surface area contributed by atoms with Crippen LogP contribution in [0.5, 0.6) is 23.5 Å². The average Bonchev–Trinajstić information content (AvgIpc) is 4.07. The standard InChI is InChI=1S/C52H52Cl2N6O13S2/c1-74(66,67)35-13-29(19-55-23-35)27-70-49-31(21-57-22-33(61)18-48(64)65)15-43(53)51(58-49)72-45-11-9-39-37(5-3-7-41(39)45)38-6-4-8-42-40(38)10-12-46(42)73-52-44(54)16-32(25-60-26-34(62)17-47(60)63)50(59-52)71-28-30-14-36(24-56-20-30)75(2,68)69/h3-8,13-16,19-20,23-24,33-34,45-46,57,61-62H,9-12,17-18,21-22,25-28H2,1-2H3,(H,64,65)/t33-,34-,45-,46-/m0/s1. The lowest BCUT2D eigenvalue weighted by Crippen LogP contribution is -2.28. The minimum absolute atomic E-state index is 0.00787. The second-order valence-corrected chi connectivity index (χ2v) is 23.6. The van der Waals surface area contributed by atoms with Crippen LogP contribution in [0.2, 0.25) is 10.0 Å². The number of ether oxygens (including phenoxy) is 4. The number of aliphatic carboxylic acids is 1. The van der Waals surface area contributed by atoms with Gasteiger partial charge in [-0.05, 0) is 83.3 Å². The number of amides is 1. The number of nitrogens with one attached hydrogen (secondary N) is 1. The van der Waals surface area contributed by atoms with E-state index in [9.17, 15) is 36.6 Å². The third-order valence-electron chi connectivity index (χ3n) is 13.0. The van der Waals surface area contributed by atoms with E-state index in [1.54, 1.807) is 12.1 Å². The van der Waals surface area contributed by atoms with Crippen molar-refractivity contribution in [3.63, 3.8) is 0 Å². The zero-order valence-corrected chi connectivity index (χ0v) is 43.8. The second kappa shape index (κ2) is 22.4. The van der Waals surface area contributed by atoms with Crippen LogP contribution in [0, 0.1) is 0 Å². The molecule has 6 aromatic rings. The lowest BCUT2D eigenvalue weighted by Gasteiger charge is -2.21. The molecule has 4 atom stereocenters.